The van der Waals surface area contributed by atoms with E-state index in [1.165, 1.54) is 25.6 Å². The maximum atomic E-state index is 12.6. The summed E-state index contributed by atoms with van der Waals surface area (Å²) in [7, 11) is 2.71. The fourth-order valence-corrected chi connectivity index (χ4v) is 4.16. The normalized spacial score (nSPS) is 12.2. The molecule has 1 aliphatic carbocycles. The lowest BCUT2D eigenvalue weighted by molar-refractivity contribution is 0.0937. The maximum Gasteiger partial charge on any atom is 0.413 e. The number of alkyl carbamates (subject to hydrolysis) is 1. The summed E-state index contributed by atoms with van der Waals surface area (Å²) in [6, 6.07) is 6.73. The van der Waals surface area contributed by atoms with Crippen molar-refractivity contribution >= 4 is 34.2 Å². The number of rotatable bonds is 4. The summed E-state index contributed by atoms with van der Waals surface area (Å²) in [5.41, 5.74) is 1.64. The van der Waals surface area contributed by atoms with E-state index in [9.17, 15) is 14.4 Å². The minimum atomic E-state index is -0.835. The third kappa shape index (κ3) is 3.55. The quantitative estimate of drug-likeness (QED) is 0.858. The van der Waals surface area contributed by atoms with Crippen LogP contribution in [0.25, 0.3) is 0 Å². The van der Waals surface area contributed by atoms with Gasteiger partial charge in [-0.3, -0.25) is 14.9 Å². The van der Waals surface area contributed by atoms with Gasteiger partial charge in [-0.15, -0.1) is 11.3 Å². The van der Waals surface area contributed by atoms with Crippen LogP contribution in [-0.2, 0) is 17.6 Å². The zero-order valence-electron chi connectivity index (χ0n) is 14.4. The molecule has 0 atom stereocenters. The first-order chi connectivity index (χ1) is 12.5. The summed E-state index contributed by atoms with van der Waals surface area (Å²) in [6.45, 7) is 0. The first-order valence-electron chi connectivity index (χ1n) is 8.02. The van der Waals surface area contributed by atoms with Crippen LogP contribution in [0.3, 0.4) is 0 Å². The number of aryl methyl sites for hydroxylation is 1. The molecule has 26 heavy (non-hydrogen) atoms. The molecule has 3 rings (SSSR count). The lowest BCUT2D eigenvalue weighted by atomic mass is 10.1. The van der Waals surface area contributed by atoms with Gasteiger partial charge in [0.25, 0.3) is 11.8 Å². The van der Waals surface area contributed by atoms with Gasteiger partial charge >= 0.3 is 6.09 Å². The minimum absolute atomic E-state index is 0.337. The molecular formula is C18H18N2O5S. The fraction of sp³-hybridized carbons (Fsp3) is 0.278. The molecule has 136 valence electrons. The van der Waals surface area contributed by atoms with Crippen LogP contribution in [0.4, 0.5) is 9.80 Å². The third-order valence-electron chi connectivity index (χ3n) is 4.11. The van der Waals surface area contributed by atoms with Crippen molar-refractivity contribution in [2.45, 2.75) is 19.3 Å². The van der Waals surface area contributed by atoms with E-state index in [0.717, 1.165) is 29.7 Å². The van der Waals surface area contributed by atoms with Gasteiger partial charge in [-0.25, -0.2) is 4.79 Å². The fourth-order valence-electron chi connectivity index (χ4n) is 2.88. The van der Waals surface area contributed by atoms with E-state index in [0.29, 0.717) is 21.9 Å². The Kier molecular flexibility index (Phi) is 5.22. The van der Waals surface area contributed by atoms with Gasteiger partial charge < -0.3 is 14.8 Å². The van der Waals surface area contributed by atoms with E-state index >= 15 is 0 Å². The first-order valence-corrected chi connectivity index (χ1v) is 8.84. The zero-order chi connectivity index (χ0) is 18.7. The van der Waals surface area contributed by atoms with Gasteiger partial charge in [0.15, 0.2) is 0 Å². The topological polar surface area (TPSA) is 93.7 Å². The van der Waals surface area contributed by atoms with Crippen LogP contribution in [0.15, 0.2) is 24.3 Å². The van der Waals surface area contributed by atoms with E-state index in [-0.39, 0.29) is 5.91 Å². The molecule has 1 heterocycles. The summed E-state index contributed by atoms with van der Waals surface area (Å²) in [6.07, 6.45) is 1.71. The molecule has 0 spiro atoms. The Balaban J connectivity index is 1.89. The summed E-state index contributed by atoms with van der Waals surface area (Å²) in [5.74, 6) is -0.358. The number of hydrogen-bond acceptors (Lipinski definition) is 6. The summed E-state index contributed by atoms with van der Waals surface area (Å²) in [5, 5.41) is 5.39. The highest BCUT2D eigenvalue weighted by Gasteiger charge is 2.28. The van der Waals surface area contributed by atoms with Gasteiger partial charge in [0.1, 0.15) is 10.8 Å². The van der Waals surface area contributed by atoms with Crippen LogP contribution in [0.1, 0.15) is 37.6 Å². The van der Waals surface area contributed by atoms with Crippen molar-refractivity contribution in [3.05, 3.63) is 45.8 Å². The third-order valence-corrected chi connectivity index (χ3v) is 5.32. The second-order valence-electron chi connectivity index (χ2n) is 5.69. The number of anilines is 1. The van der Waals surface area contributed by atoms with Gasteiger partial charge in [-0.1, -0.05) is 6.07 Å². The number of benzene rings is 1. The van der Waals surface area contributed by atoms with E-state index < -0.39 is 12.0 Å². The molecular weight excluding hydrogens is 356 g/mol. The molecule has 2 N–H and O–H groups in total. The zero-order valence-corrected chi connectivity index (χ0v) is 15.2. The highest BCUT2D eigenvalue weighted by molar-refractivity contribution is 7.17. The van der Waals surface area contributed by atoms with E-state index in [4.69, 9.17) is 4.74 Å². The molecule has 1 aromatic carbocycles. The van der Waals surface area contributed by atoms with Crippen LogP contribution in [0.5, 0.6) is 5.75 Å². The average Bonchev–Trinajstić information content (AvgIpc) is 3.22. The van der Waals surface area contributed by atoms with Gasteiger partial charge in [0.2, 0.25) is 0 Å². The number of methoxy groups -OCH3 is 2. The Morgan fingerprint density at radius 3 is 2.65 bits per heavy atom. The Morgan fingerprint density at radius 2 is 1.92 bits per heavy atom. The summed E-state index contributed by atoms with van der Waals surface area (Å²) < 4.78 is 9.62. The van der Waals surface area contributed by atoms with Crippen LogP contribution >= 0.6 is 11.3 Å². The minimum Gasteiger partial charge on any atom is -0.497 e. The molecule has 1 aromatic heterocycles. The average molecular weight is 374 g/mol. The highest BCUT2D eigenvalue weighted by Crippen LogP contribution is 2.39. The van der Waals surface area contributed by atoms with Crippen LogP contribution in [0, 0.1) is 0 Å². The number of imide groups is 1. The molecule has 0 radical (unpaired) electrons. The lowest BCUT2D eigenvalue weighted by Gasteiger charge is -2.09. The number of hydrogen-bond donors (Lipinski definition) is 2. The second kappa shape index (κ2) is 7.57. The molecule has 3 amide bonds. The van der Waals surface area contributed by atoms with Crippen LogP contribution in [-0.4, -0.2) is 32.1 Å². The Labute approximate surface area is 154 Å². The highest BCUT2D eigenvalue weighted by atomic mass is 32.1. The standard InChI is InChI=1S/C18H18N2O5S/c1-24-11-6-3-5-10(9-11)15(21)19-17-14(16(22)20-18(23)25-2)12-7-4-8-13(12)26-17/h3,5-6,9H,4,7-8H2,1-2H3,(H,19,21)(H,20,22,23). The molecule has 0 unspecified atom stereocenters. The summed E-state index contributed by atoms with van der Waals surface area (Å²) in [4.78, 5) is 37.5. The number of ether oxygens (including phenoxy) is 2. The molecule has 0 saturated carbocycles. The van der Waals surface area contributed by atoms with Crippen molar-refractivity contribution in [3.8, 4) is 5.75 Å². The Bertz CT molecular complexity index is 874. The van der Waals surface area contributed by atoms with Crippen molar-refractivity contribution in [2.75, 3.05) is 19.5 Å². The number of thiophene rings is 1. The number of carbonyl (C=O) groups is 3. The van der Waals surface area contributed by atoms with Gasteiger partial charge in [-0.05, 0) is 43.0 Å². The van der Waals surface area contributed by atoms with Gasteiger partial charge in [-0.2, -0.15) is 0 Å². The summed E-state index contributed by atoms with van der Waals surface area (Å²) >= 11 is 1.37. The lowest BCUT2D eigenvalue weighted by Crippen LogP contribution is -2.31. The van der Waals surface area contributed by atoms with Crippen molar-refractivity contribution < 1.29 is 23.9 Å². The molecule has 0 fully saturated rings. The van der Waals surface area contributed by atoms with E-state index in [1.54, 1.807) is 24.3 Å². The molecule has 0 bridgehead atoms. The van der Waals surface area contributed by atoms with E-state index in [2.05, 4.69) is 15.4 Å². The Hall–Kier alpha value is -2.87. The number of amides is 3. The monoisotopic (exact) mass is 374 g/mol. The molecule has 7 nitrogen and oxygen atoms in total. The second-order valence-corrected chi connectivity index (χ2v) is 6.80. The van der Waals surface area contributed by atoms with Crippen molar-refractivity contribution in [1.82, 2.24) is 5.32 Å². The number of carbonyl (C=O) groups excluding carboxylic acids is 3. The van der Waals surface area contributed by atoms with Gasteiger partial charge in [0, 0.05) is 10.4 Å². The molecule has 1 aliphatic rings. The maximum absolute atomic E-state index is 12.6. The van der Waals surface area contributed by atoms with Crippen molar-refractivity contribution in [1.29, 1.82) is 0 Å². The van der Waals surface area contributed by atoms with Crippen molar-refractivity contribution in [2.24, 2.45) is 0 Å². The number of nitrogens with one attached hydrogen (secondary N) is 2. The van der Waals surface area contributed by atoms with Crippen molar-refractivity contribution in [3.63, 3.8) is 0 Å². The Morgan fingerprint density at radius 1 is 1.12 bits per heavy atom. The predicted molar refractivity (Wildman–Crippen MR) is 97.2 cm³/mol. The smallest absolute Gasteiger partial charge is 0.413 e. The molecule has 8 heteroatoms. The van der Waals surface area contributed by atoms with Crippen LogP contribution in [0.2, 0.25) is 0 Å². The van der Waals surface area contributed by atoms with Gasteiger partial charge in [0.05, 0.1) is 19.8 Å². The van der Waals surface area contributed by atoms with Crippen LogP contribution < -0.4 is 15.4 Å². The molecule has 2 aromatic rings. The first kappa shape index (κ1) is 17.9. The van der Waals surface area contributed by atoms with E-state index in [1.807, 2.05) is 0 Å². The molecule has 0 aliphatic heterocycles. The SMILES string of the molecule is COC(=O)NC(=O)c1c(NC(=O)c2cccc(OC)c2)sc2c1CCC2. The largest absolute Gasteiger partial charge is 0.497 e. The predicted octanol–water partition coefficient (Wildman–Crippen LogP) is 2.99. The number of fused-ring (bicyclic) bond motifs is 1. The molecule has 0 saturated heterocycles.